The third kappa shape index (κ3) is 2.82. The summed E-state index contributed by atoms with van der Waals surface area (Å²) in [6.45, 7) is 0. The zero-order valence-electron chi connectivity index (χ0n) is 11.3. The molecule has 0 saturated heterocycles. The Morgan fingerprint density at radius 1 is 1.35 bits per heavy atom. The smallest absolute Gasteiger partial charge is 0.329 e. The molecule has 0 unspecified atom stereocenters. The first kappa shape index (κ1) is 14.1. The van der Waals surface area contributed by atoms with Crippen LogP contribution in [0.25, 0.3) is 6.08 Å². The Balaban J connectivity index is 2.04. The first-order valence-corrected chi connectivity index (χ1v) is 6.44. The van der Waals surface area contributed by atoms with Gasteiger partial charge in [0.05, 0.1) is 7.11 Å². The fraction of sp³-hybridized carbons (Fsp3) is 0.333. The molecule has 2 rings (SSSR count). The summed E-state index contributed by atoms with van der Waals surface area (Å²) < 4.78 is 5.17. The molecule has 1 aliphatic rings. The first-order chi connectivity index (χ1) is 9.57. The van der Waals surface area contributed by atoms with E-state index >= 15 is 0 Å². The van der Waals surface area contributed by atoms with Crippen LogP contribution in [-0.4, -0.2) is 29.6 Å². The third-order valence-electron chi connectivity index (χ3n) is 3.53. The standard InChI is InChI=1S/C15H17NO4/c1-20-12-6-3-2-5-11(12)7-8-13(17)16-15(14(18)19)9-4-10-15/h2-3,5-8H,4,9-10H2,1H3,(H,16,17)(H,18,19)/b8-7+. The lowest BCUT2D eigenvalue weighted by Gasteiger charge is -2.37. The number of methoxy groups -OCH3 is 1. The SMILES string of the molecule is COc1ccccc1/C=C/C(=O)NC1(C(=O)O)CCC1. The summed E-state index contributed by atoms with van der Waals surface area (Å²) in [5, 5.41) is 11.7. The highest BCUT2D eigenvalue weighted by Gasteiger charge is 2.45. The van der Waals surface area contributed by atoms with Gasteiger partial charge in [0.15, 0.2) is 0 Å². The number of ether oxygens (including phenoxy) is 1. The van der Waals surface area contributed by atoms with Crippen LogP contribution in [-0.2, 0) is 9.59 Å². The molecule has 2 N–H and O–H groups in total. The van der Waals surface area contributed by atoms with Crippen molar-refractivity contribution in [2.24, 2.45) is 0 Å². The number of amides is 1. The van der Waals surface area contributed by atoms with Gasteiger partial charge in [-0.15, -0.1) is 0 Å². The summed E-state index contributed by atoms with van der Waals surface area (Å²) >= 11 is 0. The van der Waals surface area contributed by atoms with Gasteiger partial charge in [0.1, 0.15) is 11.3 Å². The van der Waals surface area contributed by atoms with E-state index in [1.165, 1.54) is 6.08 Å². The second-order valence-electron chi connectivity index (χ2n) is 4.81. The number of carbonyl (C=O) groups is 2. The van der Waals surface area contributed by atoms with Crippen molar-refractivity contribution < 1.29 is 19.4 Å². The Bertz CT molecular complexity index is 547. The van der Waals surface area contributed by atoms with Crippen LogP contribution in [0.5, 0.6) is 5.75 Å². The second-order valence-corrected chi connectivity index (χ2v) is 4.81. The molecule has 0 aliphatic heterocycles. The maximum atomic E-state index is 11.8. The highest BCUT2D eigenvalue weighted by atomic mass is 16.5. The molecular weight excluding hydrogens is 258 g/mol. The van der Waals surface area contributed by atoms with Crippen LogP contribution in [0.2, 0.25) is 0 Å². The van der Waals surface area contributed by atoms with Crippen LogP contribution >= 0.6 is 0 Å². The number of aliphatic carboxylic acids is 1. The van der Waals surface area contributed by atoms with Gasteiger partial charge in [-0.05, 0) is 31.4 Å². The number of hydrogen-bond acceptors (Lipinski definition) is 3. The van der Waals surface area contributed by atoms with E-state index in [-0.39, 0.29) is 0 Å². The van der Waals surface area contributed by atoms with E-state index in [4.69, 9.17) is 9.84 Å². The molecule has 0 spiro atoms. The Morgan fingerprint density at radius 3 is 2.60 bits per heavy atom. The molecule has 0 bridgehead atoms. The van der Waals surface area contributed by atoms with E-state index in [2.05, 4.69) is 5.32 Å². The van der Waals surface area contributed by atoms with Crippen molar-refractivity contribution in [3.05, 3.63) is 35.9 Å². The van der Waals surface area contributed by atoms with Crippen molar-refractivity contribution in [2.75, 3.05) is 7.11 Å². The number of carboxylic acids is 1. The predicted molar refractivity (Wildman–Crippen MR) is 74.4 cm³/mol. The molecule has 0 heterocycles. The summed E-state index contributed by atoms with van der Waals surface area (Å²) in [6, 6.07) is 7.29. The van der Waals surface area contributed by atoms with Crippen molar-refractivity contribution >= 4 is 18.0 Å². The molecule has 0 aromatic heterocycles. The second kappa shape index (κ2) is 5.77. The Morgan fingerprint density at radius 2 is 2.05 bits per heavy atom. The van der Waals surface area contributed by atoms with E-state index in [0.717, 1.165) is 12.0 Å². The summed E-state index contributed by atoms with van der Waals surface area (Å²) in [5.74, 6) is -0.714. The first-order valence-electron chi connectivity index (χ1n) is 6.44. The van der Waals surface area contributed by atoms with Gasteiger partial charge in [0.25, 0.3) is 0 Å². The number of para-hydroxylation sites is 1. The number of benzene rings is 1. The number of hydrogen-bond donors (Lipinski definition) is 2. The Labute approximate surface area is 117 Å². The minimum atomic E-state index is -1.08. The lowest BCUT2D eigenvalue weighted by molar-refractivity contribution is -0.151. The van der Waals surface area contributed by atoms with Crippen molar-refractivity contribution in [2.45, 2.75) is 24.8 Å². The average molecular weight is 275 g/mol. The molecule has 0 radical (unpaired) electrons. The van der Waals surface area contributed by atoms with Crippen LogP contribution in [0, 0.1) is 0 Å². The molecule has 1 fully saturated rings. The quantitative estimate of drug-likeness (QED) is 0.804. The fourth-order valence-electron chi connectivity index (χ4n) is 2.17. The summed E-state index contributed by atoms with van der Waals surface area (Å²) in [5.41, 5.74) is -0.314. The highest BCUT2D eigenvalue weighted by molar-refractivity contribution is 5.96. The van der Waals surface area contributed by atoms with Crippen molar-refractivity contribution in [1.29, 1.82) is 0 Å². The molecule has 0 atom stereocenters. The molecule has 20 heavy (non-hydrogen) atoms. The predicted octanol–water partition coefficient (Wildman–Crippen LogP) is 1.83. The van der Waals surface area contributed by atoms with Crippen molar-refractivity contribution in [3.63, 3.8) is 0 Å². The van der Waals surface area contributed by atoms with Gasteiger partial charge in [0.2, 0.25) is 5.91 Å². The highest BCUT2D eigenvalue weighted by Crippen LogP contribution is 2.32. The van der Waals surface area contributed by atoms with E-state index in [1.807, 2.05) is 18.2 Å². The van der Waals surface area contributed by atoms with Crippen molar-refractivity contribution in [3.8, 4) is 5.75 Å². The molecule has 1 aromatic rings. The summed E-state index contributed by atoms with van der Waals surface area (Å²) in [4.78, 5) is 23.0. The number of rotatable bonds is 5. The molecule has 5 heteroatoms. The molecular formula is C15H17NO4. The van der Waals surface area contributed by atoms with Crippen LogP contribution in [0.15, 0.2) is 30.3 Å². The molecule has 5 nitrogen and oxygen atoms in total. The number of carbonyl (C=O) groups excluding carboxylic acids is 1. The normalized spacial score (nSPS) is 16.4. The van der Waals surface area contributed by atoms with Gasteiger partial charge >= 0.3 is 5.97 Å². The monoisotopic (exact) mass is 275 g/mol. The molecule has 1 amide bonds. The maximum Gasteiger partial charge on any atom is 0.329 e. The van der Waals surface area contributed by atoms with Gasteiger partial charge in [-0.2, -0.15) is 0 Å². The van der Waals surface area contributed by atoms with Crippen LogP contribution in [0.3, 0.4) is 0 Å². The average Bonchev–Trinajstić information content (AvgIpc) is 2.40. The number of carboxylic acid groups (broad SMARTS) is 1. The fourth-order valence-corrected chi connectivity index (χ4v) is 2.17. The lowest BCUT2D eigenvalue weighted by Crippen LogP contribution is -2.58. The molecule has 1 aliphatic carbocycles. The maximum absolute atomic E-state index is 11.8. The van der Waals surface area contributed by atoms with Gasteiger partial charge < -0.3 is 15.2 Å². The minimum Gasteiger partial charge on any atom is -0.496 e. The van der Waals surface area contributed by atoms with Gasteiger partial charge in [-0.1, -0.05) is 18.2 Å². The van der Waals surface area contributed by atoms with E-state index in [9.17, 15) is 9.59 Å². The van der Waals surface area contributed by atoms with Gasteiger partial charge in [0, 0.05) is 11.6 Å². The largest absolute Gasteiger partial charge is 0.496 e. The van der Waals surface area contributed by atoms with Crippen LogP contribution in [0.1, 0.15) is 24.8 Å². The Hall–Kier alpha value is -2.30. The number of nitrogens with one attached hydrogen (secondary N) is 1. The zero-order chi connectivity index (χ0) is 14.6. The zero-order valence-corrected chi connectivity index (χ0v) is 11.3. The van der Waals surface area contributed by atoms with Crippen LogP contribution in [0.4, 0.5) is 0 Å². The summed E-state index contributed by atoms with van der Waals surface area (Å²) in [6.07, 6.45) is 4.74. The van der Waals surface area contributed by atoms with E-state index in [0.29, 0.717) is 18.6 Å². The summed E-state index contributed by atoms with van der Waals surface area (Å²) in [7, 11) is 1.56. The van der Waals surface area contributed by atoms with Gasteiger partial charge in [-0.3, -0.25) is 4.79 Å². The van der Waals surface area contributed by atoms with E-state index < -0.39 is 17.4 Å². The topological polar surface area (TPSA) is 75.6 Å². The molecule has 1 saturated carbocycles. The van der Waals surface area contributed by atoms with Crippen LogP contribution < -0.4 is 10.1 Å². The molecule has 106 valence electrons. The van der Waals surface area contributed by atoms with E-state index in [1.54, 1.807) is 19.3 Å². The molecule has 1 aromatic carbocycles. The Kier molecular flexibility index (Phi) is 4.08. The lowest BCUT2D eigenvalue weighted by atomic mass is 9.77. The minimum absolute atomic E-state index is 0.405. The van der Waals surface area contributed by atoms with Crippen molar-refractivity contribution in [1.82, 2.24) is 5.32 Å². The van der Waals surface area contributed by atoms with Gasteiger partial charge in [-0.25, -0.2) is 4.79 Å². The third-order valence-corrected chi connectivity index (χ3v) is 3.53.